The lowest BCUT2D eigenvalue weighted by Crippen LogP contribution is -2.35. The first-order chi connectivity index (χ1) is 6.43. The van der Waals surface area contributed by atoms with E-state index < -0.39 is 0 Å². The zero-order valence-corrected chi connectivity index (χ0v) is 10.8. The van der Waals surface area contributed by atoms with Gasteiger partial charge in [-0.3, -0.25) is 0 Å². The lowest BCUT2D eigenvalue weighted by molar-refractivity contribution is 0.248. The minimum atomic E-state index is 0.603. The van der Waals surface area contributed by atoms with Crippen LogP contribution in [0.4, 0.5) is 0 Å². The van der Waals surface area contributed by atoms with Crippen LogP contribution in [0.2, 0.25) is 0 Å². The summed E-state index contributed by atoms with van der Waals surface area (Å²) in [5, 5.41) is 3.44. The maximum Gasteiger partial charge on any atom is 0.0104 e. The van der Waals surface area contributed by atoms with Crippen molar-refractivity contribution in [3.05, 3.63) is 0 Å². The van der Waals surface area contributed by atoms with E-state index in [0.29, 0.717) is 6.04 Å². The summed E-state index contributed by atoms with van der Waals surface area (Å²) >= 11 is 0. The molecular formula is C12H28N2. The first-order valence-corrected chi connectivity index (χ1v) is 5.85. The van der Waals surface area contributed by atoms with E-state index in [0.717, 1.165) is 24.9 Å². The van der Waals surface area contributed by atoms with Crippen LogP contribution >= 0.6 is 0 Å². The molecule has 0 aromatic carbocycles. The molecule has 0 saturated heterocycles. The Kier molecular flexibility index (Phi) is 7.20. The van der Waals surface area contributed by atoms with Gasteiger partial charge < -0.3 is 10.2 Å². The average Bonchev–Trinajstić information content (AvgIpc) is 2.02. The quantitative estimate of drug-likeness (QED) is 0.678. The largest absolute Gasteiger partial charge is 0.313 e. The molecule has 1 atom stereocenters. The average molecular weight is 200 g/mol. The molecular weight excluding hydrogens is 172 g/mol. The van der Waals surface area contributed by atoms with Crippen LogP contribution in [0, 0.1) is 11.8 Å². The Bertz CT molecular complexity index is 132. The number of rotatable bonds is 7. The SMILES string of the molecule is CC(C)NCCN(C)CC(C)C(C)C. The van der Waals surface area contributed by atoms with E-state index in [4.69, 9.17) is 0 Å². The molecule has 86 valence electrons. The maximum atomic E-state index is 3.44. The fourth-order valence-electron chi connectivity index (χ4n) is 1.34. The normalized spacial score (nSPS) is 14.4. The van der Waals surface area contributed by atoms with Gasteiger partial charge in [0.15, 0.2) is 0 Å². The smallest absolute Gasteiger partial charge is 0.0104 e. The van der Waals surface area contributed by atoms with Crippen LogP contribution in [0.1, 0.15) is 34.6 Å². The van der Waals surface area contributed by atoms with Crippen LogP contribution in [-0.4, -0.2) is 37.6 Å². The van der Waals surface area contributed by atoms with E-state index in [2.05, 4.69) is 51.9 Å². The third-order valence-electron chi connectivity index (χ3n) is 2.78. The summed E-state index contributed by atoms with van der Waals surface area (Å²) in [4.78, 5) is 2.42. The van der Waals surface area contributed by atoms with Gasteiger partial charge in [-0.15, -0.1) is 0 Å². The number of nitrogens with zero attached hydrogens (tertiary/aromatic N) is 1. The number of likely N-dealkylation sites (N-methyl/N-ethyl adjacent to an activating group) is 1. The summed E-state index contributed by atoms with van der Waals surface area (Å²) in [7, 11) is 2.21. The van der Waals surface area contributed by atoms with Crippen LogP contribution < -0.4 is 5.32 Å². The molecule has 0 aliphatic rings. The van der Waals surface area contributed by atoms with E-state index in [9.17, 15) is 0 Å². The Morgan fingerprint density at radius 2 is 1.64 bits per heavy atom. The van der Waals surface area contributed by atoms with Crippen molar-refractivity contribution in [1.29, 1.82) is 0 Å². The van der Waals surface area contributed by atoms with E-state index in [-0.39, 0.29) is 0 Å². The highest BCUT2D eigenvalue weighted by Crippen LogP contribution is 2.10. The molecule has 0 saturated carbocycles. The summed E-state index contributed by atoms with van der Waals surface area (Å²) in [5.74, 6) is 1.58. The third kappa shape index (κ3) is 7.34. The van der Waals surface area contributed by atoms with E-state index in [1.165, 1.54) is 6.54 Å². The second kappa shape index (κ2) is 7.24. The molecule has 0 aromatic rings. The number of nitrogens with one attached hydrogen (secondary N) is 1. The predicted octanol–water partition coefficient (Wildman–Crippen LogP) is 2.21. The van der Waals surface area contributed by atoms with E-state index >= 15 is 0 Å². The third-order valence-corrected chi connectivity index (χ3v) is 2.78. The molecule has 0 radical (unpaired) electrons. The van der Waals surface area contributed by atoms with Crippen LogP contribution in [-0.2, 0) is 0 Å². The van der Waals surface area contributed by atoms with Crippen molar-refractivity contribution in [2.75, 3.05) is 26.7 Å². The van der Waals surface area contributed by atoms with E-state index in [1.54, 1.807) is 0 Å². The number of hydrogen-bond donors (Lipinski definition) is 1. The molecule has 2 heteroatoms. The topological polar surface area (TPSA) is 15.3 Å². The standard InChI is InChI=1S/C12H28N2/c1-10(2)12(5)9-14(6)8-7-13-11(3)4/h10-13H,7-9H2,1-6H3. The van der Waals surface area contributed by atoms with Gasteiger partial charge in [-0.2, -0.15) is 0 Å². The first kappa shape index (κ1) is 13.9. The fourth-order valence-corrected chi connectivity index (χ4v) is 1.34. The molecule has 0 amide bonds. The summed E-state index contributed by atoms with van der Waals surface area (Å²) in [6.07, 6.45) is 0. The molecule has 0 aliphatic carbocycles. The van der Waals surface area contributed by atoms with Crippen molar-refractivity contribution in [3.8, 4) is 0 Å². The lowest BCUT2D eigenvalue weighted by atomic mass is 9.98. The van der Waals surface area contributed by atoms with Gasteiger partial charge in [0, 0.05) is 25.7 Å². The van der Waals surface area contributed by atoms with Crippen molar-refractivity contribution < 1.29 is 0 Å². The molecule has 0 aromatic heterocycles. The zero-order valence-electron chi connectivity index (χ0n) is 10.8. The highest BCUT2D eigenvalue weighted by Gasteiger charge is 2.09. The summed E-state index contributed by atoms with van der Waals surface area (Å²) in [6, 6.07) is 0.603. The Morgan fingerprint density at radius 1 is 1.07 bits per heavy atom. The summed E-state index contributed by atoms with van der Waals surface area (Å²) in [5.41, 5.74) is 0. The first-order valence-electron chi connectivity index (χ1n) is 5.85. The van der Waals surface area contributed by atoms with Crippen molar-refractivity contribution in [3.63, 3.8) is 0 Å². The van der Waals surface area contributed by atoms with Gasteiger partial charge >= 0.3 is 0 Å². The Labute approximate surface area is 90.1 Å². The molecule has 0 fully saturated rings. The monoisotopic (exact) mass is 200 g/mol. The van der Waals surface area contributed by atoms with Crippen molar-refractivity contribution in [1.82, 2.24) is 10.2 Å². The molecule has 0 bridgehead atoms. The second-order valence-electron chi connectivity index (χ2n) is 5.09. The zero-order chi connectivity index (χ0) is 11.1. The summed E-state index contributed by atoms with van der Waals surface area (Å²) < 4.78 is 0. The van der Waals surface area contributed by atoms with Crippen LogP contribution in [0.25, 0.3) is 0 Å². The Balaban J connectivity index is 3.50. The molecule has 0 heterocycles. The molecule has 14 heavy (non-hydrogen) atoms. The lowest BCUT2D eigenvalue weighted by Gasteiger charge is -2.24. The Morgan fingerprint density at radius 3 is 2.07 bits per heavy atom. The van der Waals surface area contributed by atoms with Crippen LogP contribution in [0.15, 0.2) is 0 Å². The van der Waals surface area contributed by atoms with E-state index in [1.807, 2.05) is 0 Å². The molecule has 0 rings (SSSR count). The van der Waals surface area contributed by atoms with Crippen molar-refractivity contribution in [2.45, 2.75) is 40.7 Å². The van der Waals surface area contributed by atoms with Gasteiger partial charge in [-0.25, -0.2) is 0 Å². The van der Waals surface area contributed by atoms with Gasteiger partial charge in [-0.05, 0) is 18.9 Å². The minimum Gasteiger partial charge on any atom is -0.313 e. The van der Waals surface area contributed by atoms with Gasteiger partial charge in [0.05, 0.1) is 0 Å². The van der Waals surface area contributed by atoms with Crippen molar-refractivity contribution in [2.24, 2.45) is 11.8 Å². The molecule has 2 nitrogen and oxygen atoms in total. The summed E-state index contributed by atoms with van der Waals surface area (Å²) in [6.45, 7) is 14.8. The molecule has 1 unspecified atom stereocenters. The van der Waals surface area contributed by atoms with Gasteiger partial charge in [0.25, 0.3) is 0 Å². The van der Waals surface area contributed by atoms with Crippen molar-refractivity contribution >= 4 is 0 Å². The molecule has 0 aliphatic heterocycles. The minimum absolute atomic E-state index is 0.603. The maximum absolute atomic E-state index is 3.44. The highest BCUT2D eigenvalue weighted by molar-refractivity contribution is 4.64. The predicted molar refractivity (Wildman–Crippen MR) is 64.6 cm³/mol. The van der Waals surface area contributed by atoms with Crippen LogP contribution in [0.5, 0.6) is 0 Å². The Hall–Kier alpha value is -0.0800. The molecule has 1 N–H and O–H groups in total. The highest BCUT2D eigenvalue weighted by atomic mass is 15.1. The fraction of sp³-hybridized carbons (Fsp3) is 1.00. The number of hydrogen-bond acceptors (Lipinski definition) is 2. The van der Waals surface area contributed by atoms with Gasteiger partial charge in [0.2, 0.25) is 0 Å². The second-order valence-corrected chi connectivity index (χ2v) is 5.09. The molecule has 0 spiro atoms. The van der Waals surface area contributed by atoms with Crippen LogP contribution in [0.3, 0.4) is 0 Å². The van der Waals surface area contributed by atoms with Gasteiger partial charge in [-0.1, -0.05) is 34.6 Å². The van der Waals surface area contributed by atoms with Gasteiger partial charge in [0.1, 0.15) is 0 Å².